The summed E-state index contributed by atoms with van der Waals surface area (Å²) in [6.45, 7) is 3.76. The third-order valence-corrected chi connectivity index (χ3v) is 3.58. The molecule has 0 amide bonds. The number of ether oxygens (including phenoxy) is 1. The highest BCUT2D eigenvalue weighted by molar-refractivity contribution is 5.90. The summed E-state index contributed by atoms with van der Waals surface area (Å²) in [5, 5.41) is 8.46. The van der Waals surface area contributed by atoms with E-state index < -0.39 is 18.4 Å². The molecule has 0 radical (unpaired) electrons. The summed E-state index contributed by atoms with van der Waals surface area (Å²) in [4.78, 5) is 33.1. The maximum Gasteiger partial charge on any atom is 0.317 e. The van der Waals surface area contributed by atoms with E-state index in [1.165, 1.54) is 0 Å². The summed E-state index contributed by atoms with van der Waals surface area (Å²) in [6, 6.07) is 0. The molecule has 1 saturated carbocycles. The molecule has 18 heavy (non-hydrogen) atoms. The van der Waals surface area contributed by atoms with Gasteiger partial charge in [0.25, 0.3) is 0 Å². The Balaban J connectivity index is 2.39. The van der Waals surface area contributed by atoms with Crippen molar-refractivity contribution < 1.29 is 24.2 Å². The van der Waals surface area contributed by atoms with E-state index in [2.05, 4.69) is 0 Å². The minimum absolute atomic E-state index is 0.00169. The molecule has 0 aromatic heterocycles. The predicted octanol–water partition coefficient (Wildman–Crippen LogP) is 1.79. The second kappa shape index (κ2) is 6.52. The SMILES string of the molecule is CCC(=O)C(C)C1CCC(OC(=O)CC(=O)O)C1. The second-order valence-corrected chi connectivity index (χ2v) is 4.86. The van der Waals surface area contributed by atoms with Gasteiger partial charge in [0, 0.05) is 12.3 Å². The summed E-state index contributed by atoms with van der Waals surface area (Å²) >= 11 is 0. The average molecular weight is 256 g/mol. The maximum atomic E-state index is 11.6. The first-order valence-corrected chi connectivity index (χ1v) is 6.38. The van der Waals surface area contributed by atoms with Crippen LogP contribution < -0.4 is 0 Å². The van der Waals surface area contributed by atoms with Crippen LogP contribution in [0.5, 0.6) is 0 Å². The molecule has 0 bridgehead atoms. The second-order valence-electron chi connectivity index (χ2n) is 4.86. The molecule has 0 aromatic carbocycles. The topological polar surface area (TPSA) is 80.7 Å². The van der Waals surface area contributed by atoms with Crippen LogP contribution in [0.3, 0.4) is 0 Å². The van der Waals surface area contributed by atoms with E-state index in [9.17, 15) is 14.4 Å². The molecule has 1 N–H and O–H groups in total. The van der Waals surface area contributed by atoms with Crippen molar-refractivity contribution in [3.63, 3.8) is 0 Å². The zero-order chi connectivity index (χ0) is 13.7. The Hall–Kier alpha value is -1.39. The van der Waals surface area contributed by atoms with Crippen LogP contribution in [0.2, 0.25) is 0 Å². The van der Waals surface area contributed by atoms with Gasteiger partial charge in [0.1, 0.15) is 18.3 Å². The van der Waals surface area contributed by atoms with Crippen LogP contribution in [0.25, 0.3) is 0 Å². The van der Waals surface area contributed by atoms with Gasteiger partial charge in [-0.05, 0) is 25.2 Å². The van der Waals surface area contributed by atoms with Crippen LogP contribution in [0, 0.1) is 11.8 Å². The van der Waals surface area contributed by atoms with Crippen LogP contribution in [-0.2, 0) is 19.1 Å². The molecule has 3 atom stereocenters. The average Bonchev–Trinajstić information content (AvgIpc) is 2.74. The number of esters is 1. The van der Waals surface area contributed by atoms with Gasteiger partial charge >= 0.3 is 11.9 Å². The first kappa shape index (κ1) is 14.7. The lowest BCUT2D eigenvalue weighted by molar-refractivity contribution is -0.154. The summed E-state index contributed by atoms with van der Waals surface area (Å²) in [5.41, 5.74) is 0. The van der Waals surface area contributed by atoms with Gasteiger partial charge in [-0.2, -0.15) is 0 Å². The third kappa shape index (κ3) is 4.13. The molecule has 1 aliphatic rings. The summed E-state index contributed by atoms with van der Waals surface area (Å²) in [7, 11) is 0. The molecule has 0 aromatic rings. The Labute approximate surface area is 107 Å². The first-order chi connectivity index (χ1) is 8.43. The maximum absolute atomic E-state index is 11.6. The largest absolute Gasteiger partial charge is 0.481 e. The molecule has 1 rings (SSSR count). The Kier molecular flexibility index (Phi) is 5.31. The Morgan fingerprint density at radius 3 is 2.56 bits per heavy atom. The lowest BCUT2D eigenvalue weighted by atomic mass is 9.88. The number of aliphatic carboxylic acids is 1. The first-order valence-electron chi connectivity index (χ1n) is 6.38. The van der Waals surface area contributed by atoms with Gasteiger partial charge in [0.05, 0.1) is 0 Å². The van der Waals surface area contributed by atoms with E-state index >= 15 is 0 Å². The van der Waals surface area contributed by atoms with Crippen LogP contribution in [0.1, 0.15) is 46.0 Å². The number of carboxylic acid groups (broad SMARTS) is 1. The van der Waals surface area contributed by atoms with Crippen molar-refractivity contribution in [3.8, 4) is 0 Å². The number of hydrogen-bond acceptors (Lipinski definition) is 4. The summed E-state index contributed by atoms with van der Waals surface area (Å²) in [6.07, 6.45) is 1.95. The fourth-order valence-corrected chi connectivity index (χ4v) is 2.47. The number of rotatable bonds is 6. The van der Waals surface area contributed by atoms with E-state index in [0.29, 0.717) is 12.8 Å². The van der Waals surface area contributed by atoms with Gasteiger partial charge in [-0.1, -0.05) is 13.8 Å². The smallest absolute Gasteiger partial charge is 0.317 e. The van der Waals surface area contributed by atoms with Crippen LogP contribution in [0.15, 0.2) is 0 Å². The molecule has 3 unspecified atom stereocenters. The molecule has 0 aliphatic heterocycles. The lowest BCUT2D eigenvalue weighted by Gasteiger charge is -2.17. The minimum Gasteiger partial charge on any atom is -0.481 e. The van der Waals surface area contributed by atoms with Crippen molar-refractivity contribution in [1.82, 2.24) is 0 Å². The van der Waals surface area contributed by atoms with E-state index in [1.54, 1.807) is 0 Å². The minimum atomic E-state index is -1.18. The molecular weight excluding hydrogens is 236 g/mol. The van der Waals surface area contributed by atoms with E-state index in [-0.39, 0.29) is 23.7 Å². The molecule has 1 aliphatic carbocycles. The zero-order valence-corrected chi connectivity index (χ0v) is 10.8. The van der Waals surface area contributed by atoms with E-state index in [1.807, 2.05) is 13.8 Å². The lowest BCUT2D eigenvalue weighted by Crippen LogP contribution is -2.21. The normalized spacial score (nSPS) is 24.6. The van der Waals surface area contributed by atoms with Gasteiger partial charge < -0.3 is 9.84 Å². The van der Waals surface area contributed by atoms with Gasteiger partial charge in [-0.3, -0.25) is 14.4 Å². The molecule has 5 heteroatoms. The number of carboxylic acids is 1. The fraction of sp³-hybridized carbons (Fsp3) is 0.769. The highest BCUT2D eigenvalue weighted by atomic mass is 16.5. The van der Waals surface area contributed by atoms with E-state index in [4.69, 9.17) is 9.84 Å². The van der Waals surface area contributed by atoms with Crippen molar-refractivity contribution in [2.75, 3.05) is 0 Å². The van der Waals surface area contributed by atoms with Gasteiger partial charge in [-0.25, -0.2) is 0 Å². The number of carbonyl (C=O) groups is 3. The molecule has 1 fully saturated rings. The Morgan fingerprint density at radius 2 is 2.00 bits per heavy atom. The summed E-state index contributed by atoms with van der Waals surface area (Å²) in [5.74, 6) is -1.39. The standard InChI is InChI=1S/C13H20O5/c1-3-11(14)8(2)9-4-5-10(6-9)18-13(17)7-12(15)16/h8-10H,3-7H2,1-2H3,(H,15,16). The molecule has 0 saturated heterocycles. The van der Waals surface area contributed by atoms with Crippen molar-refractivity contribution in [1.29, 1.82) is 0 Å². The Morgan fingerprint density at radius 1 is 1.33 bits per heavy atom. The predicted molar refractivity (Wildman–Crippen MR) is 63.9 cm³/mol. The molecule has 0 spiro atoms. The number of hydrogen-bond donors (Lipinski definition) is 1. The highest BCUT2D eigenvalue weighted by Gasteiger charge is 2.33. The van der Waals surface area contributed by atoms with Crippen molar-refractivity contribution in [3.05, 3.63) is 0 Å². The van der Waals surface area contributed by atoms with Crippen molar-refractivity contribution >= 4 is 17.7 Å². The van der Waals surface area contributed by atoms with Crippen LogP contribution in [-0.4, -0.2) is 28.9 Å². The van der Waals surface area contributed by atoms with Gasteiger partial charge in [0.2, 0.25) is 0 Å². The third-order valence-electron chi connectivity index (χ3n) is 3.58. The monoisotopic (exact) mass is 256 g/mol. The molecule has 0 heterocycles. The number of ketones is 1. The van der Waals surface area contributed by atoms with Crippen LogP contribution in [0.4, 0.5) is 0 Å². The van der Waals surface area contributed by atoms with Crippen molar-refractivity contribution in [2.45, 2.75) is 52.1 Å². The zero-order valence-electron chi connectivity index (χ0n) is 10.8. The Bertz CT molecular complexity index is 336. The molecule has 102 valence electrons. The molecule has 5 nitrogen and oxygen atoms in total. The summed E-state index contributed by atoms with van der Waals surface area (Å²) < 4.78 is 5.08. The number of Topliss-reactive ketones (excluding diaryl/α,β-unsaturated/α-hetero) is 1. The van der Waals surface area contributed by atoms with Gasteiger partial charge in [0.15, 0.2) is 0 Å². The van der Waals surface area contributed by atoms with Gasteiger partial charge in [-0.15, -0.1) is 0 Å². The molecular formula is C13H20O5. The van der Waals surface area contributed by atoms with Crippen molar-refractivity contribution in [2.24, 2.45) is 11.8 Å². The fourth-order valence-electron chi connectivity index (χ4n) is 2.47. The number of carbonyl (C=O) groups excluding carboxylic acids is 2. The quantitative estimate of drug-likeness (QED) is 0.578. The highest BCUT2D eigenvalue weighted by Crippen LogP contribution is 2.34. The van der Waals surface area contributed by atoms with Crippen LogP contribution >= 0.6 is 0 Å². The van der Waals surface area contributed by atoms with E-state index in [0.717, 1.165) is 12.8 Å².